The van der Waals surface area contributed by atoms with Crippen molar-refractivity contribution in [2.24, 2.45) is 0 Å². The highest BCUT2D eigenvalue weighted by Gasteiger charge is 2.45. The van der Waals surface area contributed by atoms with Gasteiger partial charge in [0.05, 0.1) is 11.3 Å². The predicted molar refractivity (Wildman–Crippen MR) is 111 cm³/mol. The Hall–Kier alpha value is -3.33. The Labute approximate surface area is 176 Å². The van der Waals surface area contributed by atoms with Crippen molar-refractivity contribution in [1.29, 1.82) is 0 Å². The average Bonchev–Trinajstić information content (AvgIpc) is 3.20. The Kier molecular flexibility index (Phi) is 4.47. The van der Waals surface area contributed by atoms with Gasteiger partial charge in [-0.3, -0.25) is 14.6 Å². The number of rotatable bonds is 3. The maximum Gasteiger partial charge on any atom is 0.325 e. The molecule has 1 atom stereocenters. The Balaban J connectivity index is 1.81. The first-order valence-corrected chi connectivity index (χ1v) is 10.5. The normalized spacial score (nSPS) is 16.2. The van der Waals surface area contributed by atoms with Gasteiger partial charge in [0.2, 0.25) is 17.9 Å². The largest absolute Gasteiger partial charge is 0.454 e. The molecule has 1 amide bonds. The Morgan fingerprint density at radius 2 is 2.07 bits per heavy atom. The quantitative estimate of drug-likeness (QED) is 0.514. The first kappa shape index (κ1) is 18.7. The zero-order valence-electron chi connectivity index (χ0n) is 16.4. The highest BCUT2D eigenvalue weighted by molar-refractivity contribution is 7.99. The summed E-state index contributed by atoms with van der Waals surface area (Å²) in [6.45, 7) is 3.65. The molecule has 2 aliphatic heterocycles. The number of thioether (sulfide) groups is 1. The standard InChI is InChI=1S/C21H18N4O4S/c1-3-30-21-22-19(27)18-14-6-4-5-7-15(14)24(12(2)26)20(25(18)23-21)13-8-9-16-17(10-13)29-11-28-16/h4-10,20H,3,11H2,1-2H3/p+1. The maximum absolute atomic E-state index is 13.1. The van der Waals surface area contributed by atoms with Crippen molar-refractivity contribution in [1.82, 2.24) is 10.1 Å². The van der Waals surface area contributed by atoms with E-state index in [-0.39, 0.29) is 18.3 Å². The summed E-state index contributed by atoms with van der Waals surface area (Å²) in [7, 11) is 0. The SMILES string of the molecule is CCSc1n[n+]2c(c(=O)[nH]1)-c1ccccc1N(C(C)=O)C2c1ccc2c(c1)OCO2. The molecule has 0 radical (unpaired) electrons. The number of ether oxygens (including phenoxy) is 2. The Bertz CT molecular complexity index is 1230. The van der Waals surface area contributed by atoms with E-state index in [0.29, 0.717) is 33.6 Å². The number of amides is 1. The van der Waals surface area contributed by atoms with Crippen molar-refractivity contribution in [2.75, 3.05) is 17.4 Å². The van der Waals surface area contributed by atoms with Crippen LogP contribution in [0.3, 0.4) is 0 Å². The number of hydrogen-bond donors (Lipinski definition) is 1. The van der Waals surface area contributed by atoms with Gasteiger partial charge in [0.15, 0.2) is 11.5 Å². The zero-order valence-corrected chi connectivity index (χ0v) is 17.2. The molecular formula is C21H19N4O4S+. The third kappa shape index (κ3) is 2.85. The molecule has 3 aromatic rings. The van der Waals surface area contributed by atoms with Crippen LogP contribution in [-0.4, -0.2) is 28.5 Å². The van der Waals surface area contributed by atoms with Crippen LogP contribution in [0.15, 0.2) is 52.4 Å². The maximum atomic E-state index is 13.1. The van der Waals surface area contributed by atoms with Crippen LogP contribution >= 0.6 is 11.8 Å². The van der Waals surface area contributed by atoms with Gasteiger partial charge in [0.1, 0.15) is 0 Å². The second-order valence-corrected chi connectivity index (χ2v) is 8.13. The number of nitrogens with one attached hydrogen (secondary N) is 1. The lowest BCUT2D eigenvalue weighted by Gasteiger charge is -2.31. The third-order valence-corrected chi connectivity index (χ3v) is 5.82. The number of aromatic amines is 1. The van der Waals surface area contributed by atoms with Gasteiger partial charge in [-0.05, 0) is 40.8 Å². The molecule has 152 valence electrons. The minimum Gasteiger partial charge on any atom is -0.454 e. The van der Waals surface area contributed by atoms with E-state index in [4.69, 9.17) is 14.6 Å². The first-order chi connectivity index (χ1) is 14.6. The lowest BCUT2D eigenvalue weighted by atomic mass is 10.0. The number of carbonyl (C=O) groups is 1. The van der Waals surface area contributed by atoms with Crippen molar-refractivity contribution in [3.05, 3.63) is 58.4 Å². The van der Waals surface area contributed by atoms with Gasteiger partial charge in [-0.25, -0.2) is 4.90 Å². The van der Waals surface area contributed by atoms with Crippen LogP contribution in [0.25, 0.3) is 11.3 Å². The predicted octanol–water partition coefficient (Wildman–Crippen LogP) is 2.48. The molecule has 1 aromatic heterocycles. The number of hydrogen-bond acceptors (Lipinski definition) is 6. The number of carbonyl (C=O) groups excluding carboxylic acids is 1. The monoisotopic (exact) mass is 423 g/mol. The second kappa shape index (κ2) is 7.17. The molecular weight excluding hydrogens is 404 g/mol. The lowest BCUT2D eigenvalue weighted by Crippen LogP contribution is -2.60. The number of aromatic nitrogens is 3. The number of fused-ring (bicyclic) bond motifs is 4. The molecule has 0 bridgehead atoms. The molecule has 2 aliphatic rings. The Morgan fingerprint density at radius 1 is 1.27 bits per heavy atom. The molecule has 0 saturated heterocycles. The van der Waals surface area contributed by atoms with Crippen LogP contribution in [0.1, 0.15) is 25.6 Å². The van der Waals surface area contributed by atoms with Gasteiger partial charge >= 0.3 is 11.3 Å². The molecule has 1 unspecified atom stereocenters. The summed E-state index contributed by atoms with van der Waals surface area (Å²) in [5.74, 6) is 1.85. The van der Waals surface area contributed by atoms with Crippen molar-refractivity contribution < 1.29 is 19.0 Å². The van der Waals surface area contributed by atoms with Crippen molar-refractivity contribution in [3.63, 3.8) is 0 Å². The van der Waals surface area contributed by atoms with Crippen LogP contribution in [0.5, 0.6) is 11.5 Å². The Morgan fingerprint density at radius 3 is 2.87 bits per heavy atom. The van der Waals surface area contributed by atoms with Gasteiger partial charge in [0, 0.05) is 17.6 Å². The molecule has 1 N–H and O–H groups in total. The minimum atomic E-state index is -0.639. The molecule has 0 aliphatic carbocycles. The van der Waals surface area contributed by atoms with E-state index in [1.54, 1.807) is 9.58 Å². The van der Waals surface area contributed by atoms with Gasteiger partial charge in [-0.2, -0.15) is 0 Å². The number of nitrogens with zero attached hydrogens (tertiary/aromatic N) is 3. The van der Waals surface area contributed by atoms with Crippen LogP contribution in [0, 0.1) is 0 Å². The zero-order chi connectivity index (χ0) is 20.8. The molecule has 8 nitrogen and oxygen atoms in total. The lowest BCUT2D eigenvalue weighted by molar-refractivity contribution is -0.763. The third-order valence-electron chi connectivity index (χ3n) is 5.07. The number of para-hydroxylation sites is 1. The van der Waals surface area contributed by atoms with Crippen molar-refractivity contribution in [2.45, 2.75) is 25.2 Å². The first-order valence-electron chi connectivity index (χ1n) is 9.56. The van der Waals surface area contributed by atoms with Crippen molar-refractivity contribution >= 4 is 23.4 Å². The van der Waals surface area contributed by atoms with Crippen LogP contribution < -0.4 is 24.6 Å². The van der Waals surface area contributed by atoms with Gasteiger partial charge in [0.25, 0.3) is 6.17 Å². The minimum absolute atomic E-state index is 0.154. The van der Waals surface area contributed by atoms with Crippen LogP contribution in [0.2, 0.25) is 0 Å². The molecule has 0 saturated carbocycles. The highest BCUT2D eigenvalue weighted by Crippen LogP contribution is 2.40. The van der Waals surface area contributed by atoms with E-state index in [9.17, 15) is 9.59 Å². The van der Waals surface area contributed by atoms with E-state index in [0.717, 1.165) is 11.3 Å². The average molecular weight is 423 g/mol. The van der Waals surface area contributed by atoms with Gasteiger partial charge in [-0.1, -0.05) is 30.8 Å². The summed E-state index contributed by atoms with van der Waals surface area (Å²) >= 11 is 1.43. The molecule has 0 spiro atoms. The fraction of sp³-hybridized carbons (Fsp3) is 0.238. The molecule has 3 heterocycles. The number of H-pyrrole nitrogens is 1. The molecule has 2 aromatic carbocycles. The summed E-state index contributed by atoms with van der Waals surface area (Å²) in [5.41, 5.74) is 2.25. The number of benzene rings is 2. The van der Waals surface area contributed by atoms with E-state index in [1.807, 2.05) is 49.4 Å². The fourth-order valence-corrected chi connectivity index (χ4v) is 4.47. The summed E-state index contributed by atoms with van der Waals surface area (Å²) in [4.78, 5) is 30.4. The summed E-state index contributed by atoms with van der Waals surface area (Å²) in [6, 6.07) is 12.9. The molecule has 0 fully saturated rings. The molecule has 5 rings (SSSR count). The summed E-state index contributed by atoms with van der Waals surface area (Å²) in [5, 5.41) is 5.20. The van der Waals surface area contributed by atoms with Crippen LogP contribution in [-0.2, 0) is 4.79 Å². The van der Waals surface area contributed by atoms with Crippen molar-refractivity contribution in [3.8, 4) is 22.8 Å². The topological polar surface area (TPSA) is 88.4 Å². The van der Waals surface area contributed by atoms with Gasteiger partial charge in [-0.15, -0.1) is 0 Å². The van der Waals surface area contributed by atoms with Crippen LogP contribution in [0.4, 0.5) is 5.69 Å². The highest BCUT2D eigenvalue weighted by atomic mass is 32.2. The fourth-order valence-electron chi connectivity index (χ4n) is 3.89. The summed E-state index contributed by atoms with van der Waals surface area (Å²) in [6.07, 6.45) is -0.639. The molecule has 30 heavy (non-hydrogen) atoms. The van der Waals surface area contributed by atoms with E-state index in [1.165, 1.54) is 18.7 Å². The number of anilines is 1. The molecule has 9 heteroatoms. The summed E-state index contributed by atoms with van der Waals surface area (Å²) < 4.78 is 12.6. The second-order valence-electron chi connectivity index (χ2n) is 6.88. The van der Waals surface area contributed by atoms with Gasteiger partial charge < -0.3 is 9.47 Å². The van der Waals surface area contributed by atoms with E-state index >= 15 is 0 Å². The van der Waals surface area contributed by atoms with E-state index in [2.05, 4.69) is 4.98 Å². The van der Waals surface area contributed by atoms with E-state index < -0.39 is 6.17 Å². The smallest absolute Gasteiger partial charge is 0.325 e.